The molecule has 4 N–H and O–H groups in total. The zero-order valence-electron chi connectivity index (χ0n) is 17.6. The molecule has 0 radical (unpaired) electrons. The fourth-order valence-electron chi connectivity index (χ4n) is 2.49. The Labute approximate surface area is 184 Å². The predicted molar refractivity (Wildman–Crippen MR) is 109 cm³/mol. The van der Waals surface area contributed by atoms with E-state index in [1.165, 1.54) is 27.3 Å². The molecule has 0 fully saturated rings. The molecule has 32 heavy (non-hydrogen) atoms. The maximum absolute atomic E-state index is 12.5. The fraction of sp³-hybridized carbons (Fsp3) is 0.471. The Bertz CT molecular complexity index is 809. The number of aromatic nitrogens is 1. The number of ether oxygens (including phenoxy) is 2. The molecule has 178 valence electrons. The highest BCUT2D eigenvalue weighted by atomic mass is 31.2. The highest BCUT2D eigenvalue weighted by Crippen LogP contribution is 2.24. The Hall–Kier alpha value is -3.06. The van der Waals surface area contributed by atoms with E-state index in [4.69, 9.17) is 19.6 Å². The van der Waals surface area contributed by atoms with Crippen molar-refractivity contribution in [1.29, 1.82) is 0 Å². The highest BCUT2D eigenvalue weighted by molar-refractivity contribution is 7.39. The number of methoxy groups -OCH3 is 1. The van der Waals surface area contributed by atoms with Crippen molar-refractivity contribution < 1.29 is 48.1 Å². The SMILES string of the molecule is COC(=O)N(C)c1ncccc1CN(CC(=O)NC(C)CC(=O)O)C(=O)OCOP(O)O. The molecular weight excluding hydrogens is 451 g/mol. The van der Waals surface area contributed by atoms with E-state index < -0.39 is 52.0 Å². The number of carboxylic acid groups (broad SMARTS) is 1. The van der Waals surface area contributed by atoms with Crippen LogP contribution in [0, 0.1) is 0 Å². The van der Waals surface area contributed by atoms with E-state index in [2.05, 4.69) is 19.6 Å². The number of rotatable bonds is 11. The van der Waals surface area contributed by atoms with Crippen LogP contribution in [0.4, 0.5) is 15.4 Å². The van der Waals surface area contributed by atoms with Crippen molar-refractivity contribution in [3.63, 3.8) is 0 Å². The van der Waals surface area contributed by atoms with Crippen LogP contribution in [-0.4, -0.2) is 82.4 Å². The van der Waals surface area contributed by atoms with Crippen LogP contribution < -0.4 is 10.2 Å². The average molecular weight is 476 g/mol. The maximum atomic E-state index is 12.5. The van der Waals surface area contributed by atoms with Gasteiger partial charge < -0.3 is 29.7 Å². The molecule has 3 amide bonds. The van der Waals surface area contributed by atoms with Gasteiger partial charge in [-0.2, -0.15) is 0 Å². The monoisotopic (exact) mass is 476 g/mol. The minimum Gasteiger partial charge on any atom is -0.481 e. The van der Waals surface area contributed by atoms with Gasteiger partial charge in [-0.15, -0.1) is 0 Å². The summed E-state index contributed by atoms with van der Waals surface area (Å²) < 4.78 is 13.8. The number of nitrogens with one attached hydrogen (secondary N) is 1. The number of hydrogen-bond acceptors (Lipinski definition) is 10. The molecule has 1 atom stereocenters. The topological polar surface area (TPSA) is 188 Å². The zero-order valence-corrected chi connectivity index (χ0v) is 18.5. The first kappa shape index (κ1) is 27.0. The van der Waals surface area contributed by atoms with Crippen LogP contribution >= 0.6 is 8.60 Å². The number of carbonyl (C=O) groups excluding carboxylic acids is 3. The molecule has 0 aromatic carbocycles. The van der Waals surface area contributed by atoms with Crippen molar-refractivity contribution in [1.82, 2.24) is 15.2 Å². The van der Waals surface area contributed by atoms with Crippen LogP contribution in [0.25, 0.3) is 0 Å². The van der Waals surface area contributed by atoms with Gasteiger partial charge in [-0.25, -0.2) is 14.6 Å². The molecule has 1 aromatic heterocycles. The average Bonchev–Trinajstić information content (AvgIpc) is 2.71. The Kier molecular flexibility index (Phi) is 11.3. The Morgan fingerprint density at radius 1 is 1.25 bits per heavy atom. The van der Waals surface area contributed by atoms with E-state index in [0.717, 1.165) is 9.80 Å². The number of anilines is 1. The molecule has 0 aliphatic rings. The van der Waals surface area contributed by atoms with Gasteiger partial charge in [-0.1, -0.05) is 6.07 Å². The number of pyridine rings is 1. The lowest BCUT2D eigenvalue weighted by molar-refractivity contribution is -0.137. The van der Waals surface area contributed by atoms with Gasteiger partial charge in [-0.3, -0.25) is 23.9 Å². The van der Waals surface area contributed by atoms with Crippen LogP contribution in [0.2, 0.25) is 0 Å². The standard InChI is InChI=1S/C17H25N4O10P/c1-11(7-14(23)24)19-13(22)9-21(17(26)30-10-31-32(27)28)8-12-5-4-6-18-15(12)20(2)16(25)29-3/h4-6,11,27-28H,7-10H2,1-3H3,(H,19,22)(H,23,24). The molecule has 1 unspecified atom stereocenters. The van der Waals surface area contributed by atoms with Gasteiger partial charge in [0.2, 0.25) is 12.7 Å². The van der Waals surface area contributed by atoms with Gasteiger partial charge in [0.05, 0.1) is 20.1 Å². The first-order valence-electron chi connectivity index (χ1n) is 9.04. The van der Waals surface area contributed by atoms with Gasteiger partial charge >= 0.3 is 26.8 Å². The maximum Gasteiger partial charge on any atom is 0.414 e. The van der Waals surface area contributed by atoms with Crippen LogP contribution in [0.3, 0.4) is 0 Å². The van der Waals surface area contributed by atoms with Crippen molar-refractivity contribution in [3.8, 4) is 0 Å². The first-order chi connectivity index (χ1) is 15.0. The van der Waals surface area contributed by atoms with Gasteiger partial charge in [0.15, 0.2) is 0 Å². The summed E-state index contributed by atoms with van der Waals surface area (Å²) in [5.74, 6) is -1.63. The normalized spacial score (nSPS) is 11.4. The number of aliphatic carboxylic acids is 1. The predicted octanol–water partition coefficient (Wildman–Crippen LogP) is 0.388. The number of carboxylic acids is 1. The molecule has 0 saturated carbocycles. The number of amides is 3. The minimum absolute atomic E-state index is 0.155. The highest BCUT2D eigenvalue weighted by Gasteiger charge is 2.24. The number of carbonyl (C=O) groups is 4. The number of nitrogens with zero attached hydrogens (tertiary/aromatic N) is 3. The second-order valence-corrected chi connectivity index (χ2v) is 7.11. The van der Waals surface area contributed by atoms with E-state index in [9.17, 15) is 19.2 Å². The minimum atomic E-state index is -2.76. The van der Waals surface area contributed by atoms with Crippen LogP contribution in [-0.2, 0) is 30.1 Å². The lowest BCUT2D eigenvalue weighted by Crippen LogP contribution is -2.44. The Morgan fingerprint density at radius 3 is 2.53 bits per heavy atom. The third kappa shape index (κ3) is 9.39. The molecule has 0 bridgehead atoms. The van der Waals surface area contributed by atoms with Gasteiger partial charge in [0.1, 0.15) is 12.4 Å². The molecule has 0 saturated heterocycles. The van der Waals surface area contributed by atoms with Crippen molar-refractivity contribution in [2.24, 2.45) is 0 Å². The van der Waals surface area contributed by atoms with E-state index in [1.54, 1.807) is 12.1 Å². The molecule has 0 aliphatic heterocycles. The summed E-state index contributed by atoms with van der Waals surface area (Å²) in [7, 11) is -0.170. The van der Waals surface area contributed by atoms with Gasteiger partial charge in [0.25, 0.3) is 0 Å². The van der Waals surface area contributed by atoms with E-state index in [1.807, 2.05) is 0 Å². The van der Waals surface area contributed by atoms with Crippen LogP contribution in [0.5, 0.6) is 0 Å². The van der Waals surface area contributed by atoms with Crippen molar-refractivity contribution >= 4 is 38.5 Å². The molecule has 14 nitrogen and oxygen atoms in total. The summed E-state index contributed by atoms with van der Waals surface area (Å²) in [6.45, 7) is -0.0753. The molecule has 0 aliphatic carbocycles. The third-order valence-electron chi connectivity index (χ3n) is 3.83. The summed E-state index contributed by atoms with van der Waals surface area (Å²) in [5, 5.41) is 11.3. The van der Waals surface area contributed by atoms with Crippen LogP contribution in [0.1, 0.15) is 18.9 Å². The third-order valence-corrected chi connectivity index (χ3v) is 4.16. The van der Waals surface area contributed by atoms with Crippen molar-refractivity contribution in [2.45, 2.75) is 25.9 Å². The molecule has 1 heterocycles. The molecule has 0 spiro atoms. The van der Waals surface area contributed by atoms with Gasteiger partial charge in [-0.05, 0) is 13.0 Å². The quantitative estimate of drug-likeness (QED) is 0.255. The number of hydrogen-bond donors (Lipinski definition) is 4. The Morgan fingerprint density at radius 2 is 1.94 bits per heavy atom. The summed E-state index contributed by atoms with van der Waals surface area (Å²) in [5.41, 5.74) is 0.358. The van der Waals surface area contributed by atoms with Crippen molar-refractivity contribution in [3.05, 3.63) is 23.9 Å². The van der Waals surface area contributed by atoms with Crippen LogP contribution in [0.15, 0.2) is 18.3 Å². The molecule has 1 rings (SSSR count). The summed E-state index contributed by atoms with van der Waals surface area (Å²) >= 11 is 0. The summed E-state index contributed by atoms with van der Waals surface area (Å²) in [4.78, 5) is 71.1. The Balaban J connectivity index is 3.03. The first-order valence-corrected chi connectivity index (χ1v) is 10.2. The smallest absolute Gasteiger partial charge is 0.414 e. The molecule has 1 aromatic rings. The fourth-order valence-corrected chi connectivity index (χ4v) is 2.64. The molecule has 15 heteroatoms. The summed E-state index contributed by atoms with van der Waals surface area (Å²) in [6, 6.07) is 2.41. The largest absolute Gasteiger partial charge is 0.481 e. The second kappa shape index (κ2) is 13.4. The summed E-state index contributed by atoms with van der Waals surface area (Å²) in [6.07, 6.45) is -0.665. The van der Waals surface area contributed by atoms with E-state index >= 15 is 0 Å². The van der Waals surface area contributed by atoms with E-state index in [-0.39, 0.29) is 18.8 Å². The lowest BCUT2D eigenvalue weighted by atomic mass is 10.2. The lowest BCUT2D eigenvalue weighted by Gasteiger charge is -2.25. The van der Waals surface area contributed by atoms with Crippen molar-refractivity contribution in [2.75, 3.05) is 32.4 Å². The second-order valence-electron chi connectivity index (χ2n) is 6.35. The molecular formula is C17H25N4O10P. The zero-order chi connectivity index (χ0) is 24.3. The van der Waals surface area contributed by atoms with E-state index in [0.29, 0.717) is 5.56 Å². The van der Waals surface area contributed by atoms with Gasteiger partial charge in [0, 0.05) is 24.8 Å².